The zero-order chi connectivity index (χ0) is 18.1. The molecule has 0 spiro atoms. The van der Waals surface area contributed by atoms with Crippen LogP contribution in [0.4, 0.5) is 5.69 Å². The molecule has 1 amide bonds. The summed E-state index contributed by atoms with van der Waals surface area (Å²) in [7, 11) is 0. The van der Waals surface area contributed by atoms with Gasteiger partial charge >= 0.3 is 0 Å². The highest BCUT2D eigenvalue weighted by atomic mass is 16.5. The van der Waals surface area contributed by atoms with Crippen LogP contribution in [-0.2, 0) is 4.79 Å². The first-order valence-corrected chi connectivity index (χ1v) is 8.53. The number of amides is 1. The van der Waals surface area contributed by atoms with E-state index in [0.717, 1.165) is 22.4 Å². The lowest BCUT2D eigenvalue weighted by molar-refractivity contribution is -0.118. The Morgan fingerprint density at radius 1 is 1.12 bits per heavy atom. The van der Waals surface area contributed by atoms with Crippen molar-refractivity contribution in [3.63, 3.8) is 0 Å². The van der Waals surface area contributed by atoms with Crippen LogP contribution in [-0.4, -0.2) is 18.3 Å². The van der Waals surface area contributed by atoms with Crippen LogP contribution >= 0.6 is 0 Å². The Morgan fingerprint density at radius 3 is 2.56 bits per heavy atom. The summed E-state index contributed by atoms with van der Waals surface area (Å²) < 4.78 is 5.68. The number of ketones is 1. The Balaban J connectivity index is 1.71. The molecule has 4 nitrogen and oxygen atoms in total. The van der Waals surface area contributed by atoms with Crippen molar-refractivity contribution in [1.82, 2.24) is 0 Å². The molecule has 0 saturated heterocycles. The number of ether oxygens (including phenoxy) is 1. The second-order valence-corrected chi connectivity index (χ2v) is 6.83. The van der Waals surface area contributed by atoms with Gasteiger partial charge in [0, 0.05) is 12.1 Å². The summed E-state index contributed by atoms with van der Waals surface area (Å²) in [5.41, 5.74) is 5.84. The molecule has 1 N–H and O–H groups in total. The molecule has 0 unspecified atom stereocenters. The Morgan fingerprint density at radius 2 is 1.84 bits per heavy atom. The van der Waals surface area contributed by atoms with Crippen LogP contribution in [0.2, 0.25) is 0 Å². The highest BCUT2D eigenvalue weighted by Crippen LogP contribution is 2.40. The molecule has 0 saturated carbocycles. The number of Topliss-reactive ketones (excluding diaryl/α,β-unsaturated/α-hetero) is 1. The Kier molecular flexibility index (Phi) is 4.62. The van der Waals surface area contributed by atoms with Gasteiger partial charge in [0.15, 0.2) is 12.4 Å². The van der Waals surface area contributed by atoms with Gasteiger partial charge in [0.05, 0.1) is 5.56 Å². The van der Waals surface area contributed by atoms with Crippen molar-refractivity contribution < 1.29 is 14.3 Å². The second kappa shape index (κ2) is 6.71. The second-order valence-electron chi connectivity index (χ2n) is 6.83. The molecule has 130 valence electrons. The molecule has 1 atom stereocenters. The average Bonchev–Trinajstić information content (AvgIpc) is 2.86. The van der Waals surface area contributed by atoms with E-state index >= 15 is 0 Å². The van der Waals surface area contributed by atoms with Crippen LogP contribution in [0.15, 0.2) is 30.3 Å². The third-order valence-electron chi connectivity index (χ3n) is 4.84. The number of hydrogen-bond donors (Lipinski definition) is 1. The number of aryl methyl sites for hydroxylation is 3. The van der Waals surface area contributed by atoms with Crippen LogP contribution in [0, 0.1) is 20.8 Å². The topological polar surface area (TPSA) is 55.4 Å². The van der Waals surface area contributed by atoms with E-state index in [2.05, 4.69) is 5.32 Å². The molecule has 2 aromatic carbocycles. The molecule has 25 heavy (non-hydrogen) atoms. The number of carbonyl (C=O) groups excluding carboxylic acids is 2. The number of nitrogens with one attached hydrogen (secondary N) is 1. The molecule has 0 bridgehead atoms. The van der Waals surface area contributed by atoms with E-state index in [1.165, 1.54) is 5.56 Å². The van der Waals surface area contributed by atoms with E-state index in [-0.39, 0.29) is 24.2 Å². The Hall–Kier alpha value is -2.62. The highest BCUT2D eigenvalue weighted by molar-refractivity contribution is 6.04. The van der Waals surface area contributed by atoms with Gasteiger partial charge in [-0.3, -0.25) is 9.59 Å². The summed E-state index contributed by atoms with van der Waals surface area (Å²) in [5, 5.41) is 2.83. The van der Waals surface area contributed by atoms with Crippen molar-refractivity contribution in [3.8, 4) is 5.75 Å². The van der Waals surface area contributed by atoms with Crippen molar-refractivity contribution in [2.75, 3.05) is 11.9 Å². The van der Waals surface area contributed by atoms with E-state index < -0.39 is 0 Å². The van der Waals surface area contributed by atoms with Crippen LogP contribution < -0.4 is 10.1 Å². The maximum absolute atomic E-state index is 12.3. The first-order valence-electron chi connectivity index (χ1n) is 8.53. The van der Waals surface area contributed by atoms with Crippen LogP contribution in [0.5, 0.6) is 5.75 Å². The van der Waals surface area contributed by atoms with Gasteiger partial charge in [0.1, 0.15) is 5.75 Å². The maximum atomic E-state index is 12.3. The molecule has 0 fully saturated rings. The SMILES string of the molecule is Cc1ccc(NC(=O)COc2ccc(C)c3c2C(=O)C[C@@H]3C)cc1C. The van der Waals surface area contributed by atoms with Crippen molar-refractivity contribution in [3.05, 3.63) is 58.1 Å². The van der Waals surface area contributed by atoms with Gasteiger partial charge in [-0.25, -0.2) is 0 Å². The smallest absolute Gasteiger partial charge is 0.262 e. The fourth-order valence-electron chi connectivity index (χ4n) is 3.39. The molecule has 1 aliphatic carbocycles. The molecule has 0 aliphatic heterocycles. The molecule has 2 aromatic rings. The van der Waals surface area contributed by atoms with Crippen LogP contribution in [0.3, 0.4) is 0 Å². The van der Waals surface area contributed by atoms with Crippen molar-refractivity contribution in [2.45, 2.75) is 40.0 Å². The molecular weight excluding hydrogens is 314 g/mol. The summed E-state index contributed by atoms with van der Waals surface area (Å²) >= 11 is 0. The summed E-state index contributed by atoms with van der Waals surface area (Å²) in [6, 6.07) is 9.51. The maximum Gasteiger partial charge on any atom is 0.262 e. The number of hydrogen-bond acceptors (Lipinski definition) is 3. The normalized spacial score (nSPS) is 15.8. The van der Waals surface area contributed by atoms with Crippen molar-refractivity contribution >= 4 is 17.4 Å². The lowest BCUT2D eigenvalue weighted by atomic mass is 9.97. The molecular formula is C21H23NO3. The highest BCUT2D eigenvalue weighted by Gasteiger charge is 2.31. The lowest BCUT2D eigenvalue weighted by Gasteiger charge is -2.13. The monoisotopic (exact) mass is 337 g/mol. The Labute approximate surface area is 148 Å². The number of fused-ring (bicyclic) bond motifs is 1. The van der Waals surface area contributed by atoms with Gasteiger partial charge in [-0.05, 0) is 67.1 Å². The third-order valence-corrected chi connectivity index (χ3v) is 4.84. The van der Waals surface area contributed by atoms with E-state index in [1.807, 2.05) is 52.0 Å². The molecule has 0 radical (unpaired) electrons. The summed E-state index contributed by atoms with van der Waals surface area (Å²) in [6.45, 7) is 7.96. The minimum Gasteiger partial charge on any atom is -0.483 e. The molecule has 4 heteroatoms. The van der Waals surface area contributed by atoms with Gasteiger partial charge in [-0.15, -0.1) is 0 Å². The molecule has 3 rings (SSSR count). The predicted octanol–water partition coefficient (Wildman–Crippen LogP) is 4.32. The predicted molar refractivity (Wildman–Crippen MR) is 98.6 cm³/mol. The van der Waals surface area contributed by atoms with Gasteiger partial charge in [-0.1, -0.05) is 19.1 Å². The standard InChI is InChI=1S/C21H23NO3/c1-12-5-7-16(9-14(12)3)22-19(24)11-25-18-8-6-13(2)20-15(4)10-17(23)21(18)20/h5-9,15H,10-11H2,1-4H3,(H,22,24)/t15-/m0/s1. The molecule has 0 aromatic heterocycles. The van der Waals surface area contributed by atoms with Gasteiger partial charge in [0.2, 0.25) is 0 Å². The van der Waals surface area contributed by atoms with Gasteiger partial charge in [0.25, 0.3) is 5.91 Å². The number of carbonyl (C=O) groups is 2. The zero-order valence-corrected chi connectivity index (χ0v) is 15.1. The Bertz CT molecular complexity index is 854. The van der Waals surface area contributed by atoms with Crippen molar-refractivity contribution in [2.24, 2.45) is 0 Å². The summed E-state index contributed by atoms with van der Waals surface area (Å²) in [5.74, 6) is 0.562. The minimum atomic E-state index is -0.240. The average molecular weight is 337 g/mol. The van der Waals surface area contributed by atoms with Crippen molar-refractivity contribution in [1.29, 1.82) is 0 Å². The molecule has 0 heterocycles. The third kappa shape index (κ3) is 3.43. The van der Waals surface area contributed by atoms with Gasteiger partial charge < -0.3 is 10.1 Å². The summed E-state index contributed by atoms with van der Waals surface area (Å²) in [6.07, 6.45) is 0.505. The van der Waals surface area contributed by atoms with Gasteiger partial charge in [-0.2, -0.15) is 0 Å². The first kappa shape index (κ1) is 17.2. The quantitative estimate of drug-likeness (QED) is 0.904. The van der Waals surface area contributed by atoms with Crippen LogP contribution in [0.25, 0.3) is 0 Å². The van der Waals surface area contributed by atoms with Crippen LogP contribution in [0.1, 0.15) is 51.9 Å². The fraction of sp³-hybridized carbons (Fsp3) is 0.333. The number of anilines is 1. The lowest BCUT2D eigenvalue weighted by Crippen LogP contribution is -2.21. The van der Waals surface area contributed by atoms with E-state index in [4.69, 9.17) is 4.74 Å². The van der Waals surface area contributed by atoms with E-state index in [1.54, 1.807) is 6.07 Å². The largest absolute Gasteiger partial charge is 0.483 e. The first-order chi connectivity index (χ1) is 11.9. The zero-order valence-electron chi connectivity index (χ0n) is 15.1. The number of rotatable bonds is 4. The van der Waals surface area contributed by atoms with E-state index in [9.17, 15) is 9.59 Å². The summed E-state index contributed by atoms with van der Waals surface area (Å²) in [4.78, 5) is 24.4. The minimum absolute atomic E-state index is 0.0933. The molecule has 1 aliphatic rings. The van der Waals surface area contributed by atoms with E-state index in [0.29, 0.717) is 17.7 Å². The fourth-order valence-corrected chi connectivity index (χ4v) is 3.39. The number of benzene rings is 2.